The number of anilines is 1. The number of benzene rings is 1. The Labute approximate surface area is 139 Å². The number of alkyl halides is 3. The average molecular weight is 364 g/mol. The van der Waals surface area contributed by atoms with Crippen LogP contribution < -0.4 is 4.31 Å². The van der Waals surface area contributed by atoms with Crippen LogP contribution in [0.3, 0.4) is 0 Å². The third kappa shape index (κ3) is 4.00. The van der Waals surface area contributed by atoms with Gasteiger partial charge in [-0.3, -0.25) is 9.10 Å². The van der Waals surface area contributed by atoms with E-state index in [9.17, 15) is 26.4 Å². The zero-order valence-electron chi connectivity index (χ0n) is 13.4. The molecule has 1 unspecified atom stereocenters. The third-order valence-corrected chi connectivity index (χ3v) is 5.15. The highest BCUT2D eigenvalue weighted by Crippen LogP contribution is 2.33. The number of likely N-dealkylation sites (tertiary alicyclic amines) is 1. The normalized spacial score (nSPS) is 17.0. The minimum atomic E-state index is -4.60. The maximum absolute atomic E-state index is 12.9. The van der Waals surface area contributed by atoms with Crippen molar-refractivity contribution in [2.75, 3.05) is 23.7 Å². The fourth-order valence-electron chi connectivity index (χ4n) is 2.82. The molecule has 9 heteroatoms. The largest absolute Gasteiger partial charge is 0.416 e. The lowest BCUT2D eigenvalue weighted by Crippen LogP contribution is -2.48. The Morgan fingerprint density at radius 1 is 1.25 bits per heavy atom. The van der Waals surface area contributed by atoms with Gasteiger partial charge in [-0.25, -0.2) is 8.42 Å². The van der Waals surface area contributed by atoms with E-state index in [1.165, 1.54) is 17.9 Å². The molecule has 0 aliphatic carbocycles. The molecule has 5 nitrogen and oxygen atoms in total. The van der Waals surface area contributed by atoms with Crippen LogP contribution in [-0.4, -0.2) is 44.6 Å². The Balaban J connectivity index is 2.41. The maximum atomic E-state index is 12.9. The molecule has 1 heterocycles. The highest BCUT2D eigenvalue weighted by atomic mass is 32.2. The van der Waals surface area contributed by atoms with Crippen LogP contribution in [0.2, 0.25) is 0 Å². The van der Waals surface area contributed by atoms with Crippen molar-refractivity contribution in [1.82, 2.24) is 4.90 Å². The van der Waals surface area contributed by atoms with Crippen molar-refractivity contribution in [3.8, 4) is 0 Å². The molecule has 0 aromatic heterocycles. The van der Waals surface area contributed by atoms with E-state index in [4.69, 9.17) is 0 Å². The van der Waals surface area contributed by atoms with Gasteiger partial charge in [-0.1, -0.05) is 6.07 Å². The van der Waals surface area contributed by atoms with Crippen molar-refractivity contribution in [2.45, 2.75) is 32.0 Å². The monoisotopic (exact) mass is 364 g/mol. The Bertz CT molecular complexity index is 713. The fourth-order valence-corrected chi connectivity index (χ4v) is 3.98. The quantitative estimate of drug-likeness (QED) is 0.825. The first-order valence-electron chi connectivity index (χ1n) is 7.47. The summed E-state index contributed by atoms with van der Waals surface area (Å²) in [6.07, 6.45) is -2.05. The zero-order valence-corrected chi connectivity index (χ0v) is 14.2. The van der Waals surface area contributed by atoms with Gasteiger partial charge in [-0.2, -0.15) is 13.2 Å². The number of amides is 1. The van der Waals surface area contributed by atoms with Gasteiger partial charge in [-0.05, 0) is 38.0 Å². The van der Waals surface area contributed by atoms with Crippen molar-refractivity contribution in [3.63, 3.8) is 0 Å². The van der Waals surface area contributed by atoms with Gasteiger partial charge in [0.15, 0.2) is 0 Å². The van der Waals surface area contributed by atoms with E-state index >= 15 is 0 Å². The predicted octanol–water partition coefficient (Wildman–Crippen LogP) is 2.48. The summed E-state index contributed by atoms with van der Waals surface area (Å²) in [5, 5.41) is 0. The zero-order chi connectivity index (χ0) is 18.1. The average Bonchev–Trinajstić information content (AvgIpc) is 2.98. The standard InChI is InChI=1S/C15H19F3N2O3S/c1-11(14(21)19-8-3-4-9-19)20(24(2,22)23)13-7-5-6-12(10-13)15(16,17)18/h5-7,10-11H,3-4,8-9H2,1-2H3. The fraction of sp³-hybridized carbons (Fsp3) is 0.533. The number of carbonyl (C=O) groups excluding carboxylic acids is 1. The Kier molecular flexibility index (Phi) is 5.12. The van der Waals surface area contributed by atoms with Crippen molar-refractivity contribution in [2.24, 2.45) is 0 Å². The first kappa shape index (κ1) is 18.6. The molecule has 0 saturated carbocycles. The summed E-state index contributed by atoms with van der Waals surface area (Å²) < 4.78 is 63.7. The lowest BCUT2D eigenvalue weighted by Gasteiger charge is -2.31. The number of sulfonamides is 1. The molecule has 1 atom stereocenters. The maximum Gasteiger partial charge on any atom is 0.416 e. The number of carbonyl (C=O) groups is 1. The number of hydrogen-bond donors (Lipinski definition) is 0. The van der Waals surface area contributed by atoms with Crippen molar-refractivity contribution in [1.29, 1.82) is 0 Å². The van der Waals surface area contributed by atoms with Crippen LogP contribution in [0.5, 0.6) is 0 Å². The molecule has 0 spiro atoms. The van der Waals surface area contributed by atoms with E-state index in [-0.39, 0.29) is 5.69 Å². The number of hydrogen-bond acceptors (Lipinski definition) is 3. The molecule has 1 aliphatic heterocycles. The van der Waals surface area contributed by atoms with E-state index in [1.807, 2.05) is 0 Å². The summed E-state index contributed by atoms with van der Waals surface area (Å²) in [5.74, 6) is -0.407. The Morgan fingerprint density at radius 2 is 1.83 bits per heavy atom. The molecule has 2 rings (SSSR count). The van der Waals surface area contributed by atoms with Gasteiger partial charge >= 0.3 is 6.18 Å². The second-order valence-electron chi connectivity index (χ2n) is 5.82. The molecule has 24 heavy (non-hydrogen) atoms. The topological polar surface area (TPSA) is 57.7 Å². The van der Waals surface area contributed by atoms with Crippen molar-refractivity contribution >= 4 is 21.6 Å². The molecule has 0 radical (unpaired) electrons. The van der Waals surface area contributed by atoms with Gasteiger partial charge in [0.1, 0.15) is 6.04 Å². The molecular weight excluding hydrogens is 345 g/mol. The van der Waals surface area contributed by atoms with Gasteiger partial charge in [0, 0.05) is 13.1 Å². The number of halogens is 3. The molecule has 1 aliphatic rings. The molecule has 134 valence electrons. The van der Waals surface area contributed by atoms with Crippen LogP contribution in [-0.2, 0) is 21.0 Å². The summed E-state index contributed by atoms with van der Waals surface area (Å²) in [6, 6.07) is 2.88. The van der Waals surface area contributed by atoms with Gasteiger partial charge in [-0.15, -0.1) is 0 Å². The summed E-state index contributed by atoms with van der Waals surface area (Å²) in [5.41, 5.74) is -1.14. The third-order valence-electron chi connectivity index (χ3n) is 3.91. The molecule has 1 fully saturated rings. The minimum absolute atomic E-state index is 0.174. The SMILES string of the molecule is CC(C(=O)N1CCCC1)N(c1cccc(C(F)(F)F)c1)S(C)(=O)=O. The second kappa shape index (κ2) is 6.62. The van der Waals surface area contributed by atoms with Crippen LogP contribution >= 0.6 is 0 Å². The number of rotatable bonds is 4. The van der Waals surface area contributed by atoms with E-state index in [0.29, 0.717) is 13.1 Å². The van der Waals surface area contributed by atoms with Crippen LogP contribution in [0.1, 0.15) is 25.3 Å². The minimum Gasteiger partial charge on any atom is -0.341 e. The van der Waals surface area contributed by atoms with Crippen LogP contribution in [0, 0.1) is 0 Å². The molecule has 1 amide bonds. The van der Waals surface area contributed by atoms with Crippen molar-refractivity contribution in [3.05, 3.63) is 29.8 Å². The van der Waals surface area contributed by atoms with E-state index in [2.05, 4.69) is 0 Å². The smallest absolute Gasteiger partial charge is 0.341 e. The highest BCUT2D eigenvalue weighted by Gasteiger charge is 2.35. The van der Waals surface area contributed by atoms with Crippen LogP contribution in [0.25, 0.3) is 0 Å². The molecular formula is C15H19F3N2O3S. The van der Waals surface area contributed by atoms with Gasteiger partial charge in [0.05, 0.1) is 17.5 Å². The Hall–Kier alpha value is -1.77. The summed E-state index contributed by atoms with van der Waals surface area (Å²) in [7, 11) is -3.94. The summed E-state index contributed by atoms with van der Waals surface area (Å²) in [4.78, 5) is 14.0. The lowest BCUT2D eigenvalue weighted by molar-refractivity contribution is -0.137. The molecule has 1 aromatic carbocycles. The van der Waals surface area contributed by atoms with Crippen LogP contribution in [0.15, 0.2) is 24.3 Å². The highest BCUT2D eigenvalue weighted by molar-refractivity contribution is 7.92. The van der Waals surface area contributed by atoms with Gasteiger partial charge < -0.3 is 4.90 Å². The van der Waals surface area contributed by atoms with Gasteiger partial charge in [0.2, 0.25) is 15.9 Å². The van der Waals surface area contributed by atoms with E-state index in [1.54, 1.807) is 0 Å². The first-order chi connectivity index (χ1) is 11.0. The molecule has 0 N–H and O–H groups in total. The van der Waals surface area contributed by atoms with Gasteiger partial charge in [0.25, 0.3) is 0 Å². The molecule has 1 saturated heterocycles. The van der Waals surface area contributed by atoms with E-state index < -0.39 is 33.7 Å². The van der Waals surface area contributed by atoms with E-state index in [0.717, 1.165) is 41.6 Å². The molecule has 1 aromatic rings. The first-order valence-corrected chi connectivity index (χ1v) is 9.32. The second-order valence-corrected chi connectivity index (χ2v) is 7.67. The lowest BCUT2D eigenvalue weighted by atomic mass is 10.1. The summed E-state index contributed by atoms with van der Waals surface area (Å²) >= 11 is 0. The Morgan fingerprint density at radius 3 is 2.33 bits per heavy atom. The van der Waals surface area contributed by atoms with Crippen LogP contribution in [0.4, 0.5) is 18.9 Å². The molecule has 0 bridgehead atoms. The van der Waals surface area contributed by atoms with Crippen molar-refractivity contribution < 1.29 is 26.4 Å². The summed E-state index contributed by atoms with van der Waals surface area (Å²) in [6.45, 7) is 2.45. The predicted molar refractivity (Wildman–Crippen MR) is 84.0 cm³/mol. The number of nitrogens with zero attached hydrogens (tertiary/aromatic N) is 2.